The van der Waals surface area contributed by atoms with Crippen molar-refractivity contribution in [3.05, 3.63) is 36.2 Å². The van der Waals surface area contributed by atoms with Crippen molar-refractivity contribution in [2.24, 2.45) is 11.3 Å². The molecule has 1 saturated carbocycles. The van der Waals surface area contributed by atoms with Gasteiger partial charge in [0.2, 0.25) is 17.6 Å². The second-order valence-corrected chi connectivity index (χ2v) is 8.83. The molecule has 1 aromatic carbocycles. The summed E-state index contributed by atoms with van der Waals surface area (Å²) in [5.41, 5.74) is 0.820. The lowest BCUT2D eigenvalue weighted by Crippen LogP contribution is -2.45. The first kappa shape index (κ1) is 20.0. The molecule has 1 amide bonds. The maximum absolute atomic E-state index is 12.5. The lowest BCUT2D eigenvalue weighted by atomic mass is 9.90. The summed E-state index contributed by atoms with van der Waals surface area (Å²) >= 11 is 0. The van der Waals surface area contributed by atoms with Gasteiger partial charge in [-0.3, -0.25) is 9.69 Å². The first-order valence-electron chi connectivity index (χ1n) is 10.5. The van der Waals surface area contributed by atoms with E-state index in [0.717, 1.165) is 44.3 Å². The number of piperidine rings is 1. The highest BCUT2D eigenvalue weighted by molar-refractivity contribution is 5.84. The van der Waals surface area contributed by atoms with E-state index >= 15 is 0 Å². The van der Waals surface area contributed by atoms with Crippen LogP contribution >= 0.6 is 0 Å². The van der Waals surface area contributed by atoms with Crippen molar-refractivity contribution in [3.63, 3.8) is 0 Å². The summed E-state index contributed by atoms with van der Waals surface area (Å²) in [6.07, 6.45) is 3.32. The third kappa shape index (κ3) is 4.67. The zero-order valence-electron chi connectivity index (χ0n) is 17.3. The van der Waals surface area contributed by atoms with Gasteiger partial charge >= 0.3 is 0 Å². The Hall–Kier alpha value is -2.25. The van der Waals surface area contributed by atoms with Crippen molar-refractivity contribution in [2.45, 2.75) is 45.3 Å². The van der Waals surface area contributed by atoms with E-state index in [1.165, 1.54) is 0 Å². The SMILES string of the molecule is CN(Cc1nc(-c2ccccc2)no1)CC(O)C1CCN(C(=O)C2(C)CC2)CC1. The van der Waals surface area contributed by atoms with E-state index in [-0.39, 0.29) is 11.3 Å². The number of likely N-dealkylation sites (N-methyl/N-ethyl adjacent to an activating group) is 1. The van der Waals surface area contributed by atoms with Gasteiger partial charge in [-0.15, -0.1) is 0 Å². The van der Waals surface area contributed by atoms with E-state index in [0.29, 0.717) is 30.7 Å². The average molecular weight is 399 g/mol. The topological polar surface area (TPSA) is 82.7 Å². The lowest BCUT2D eigenvalue weighted by molar-refractivity contribution is -0.138. The Bertz CT molecular complexity index is 826. The van der Waals surface area contributed by atoms with Crippen molar-refractivity contribution in [1.82, 2.24) is 19.9 Å². The molecule has 2 fully saturated rings. The summed E-state index contributed by atoms with van der Waals surface area (Å²) in [7, 11) is 1.95. The molecule has 7 heteroatoms. The highest BCUT2D eigenvalue weighted by Crippen LogP contribution is 2.47. The van der Waals surface area contributed by atoms with Gasteiger partial charge in [0.15, 0.2) is 0 Å². The number of aliphatic hydroxyl groups is 1. The average Bonchev–Trinajstić information content (AvgIpc) is 3.32. The fourth-order valence-corrected chi connectivity index (χ4v) is 4.06. The number of rotatable bonds is 7. The highest BCUT2D eigenvalue weighted by atomic mass is 16.5. The summed E-state index contributed by atoms with van der Waals surface area (Å²) in [5.74, 6) is 1.64. The smallest absolute Gasteiger partial charge is 0.241 e. The minimum Gasteiger partial charge on any atom is -0.392 e. The van der Waals surface area contributed by atoms with Crippen LogP contribution in [0.3, 0.4) is 0 Å². The molecule has 1 aliphatic heterocycles. The summed E-state index contributed by atoms with van der Waals surface area (Å²) in [6, 6.07) is 9.73. The van der Waals surface area contributed by atoms with Crippen LogP contribution in [-0.4, -0.2) is 63.7 Å². The standard InChI is InChI=1S/C22H30N4O3/c1-22(10-11-22)21(28)26-12-8-16(9-13-26)18(27)14-25(2)15-19-23-20(24-29-19)17-6-4-3-5-7-17/h3-7,16,18,27H,8-15H2,1-2H3. The number of amides is 1. The van der Waals surface area contributed by atoms with E-state index in [9.17, 15) is 9.90 Å². The molecule has 4 rings (SSSR count). The molecule has 1 atom stereocenters. The van der Waals surface area contributed by atoms with Gasteiger partial charge in [0.05, 0.1) is 12.6 Å². The molecule has 0 radical (unpaired) electrons. The van der Waals surface area contributed by atoms with Crippen LogP contribution in [-0.2, 0) is 11.3 Å². The number of carbonyl (C=O) groups excluding carboxylic acids is 1. The van der Waals surface area contributed by atoms with Crippen LogP contribution in [0.1, 0.15) is 38.5 Å². The Morgan fingerprint density at radius 1 is 1.31 bits per heavy atom. The summed E-state index contributed by atoms with van der Waals surface area (Å²) in [5, 5.41) is 14.7. The van der Waals surface area contributed by atoms with Gasteiger partial charge in [0.25, 0.3) is 0 Å². The number of nitrogens with zero attached hydrogens (tertiary/aromatic N) is 4. The van der Waals surface area contributed by atoms with Crippen LogP contribution in [0, 0.1) is 11.3 Å². The normalized spacial score (nSPS) is 20.1. The van der Waals surface area contributed by atoms with Gasteiger partial charge in [-0.1, -0.05) is 42.4 Å². The number of hydrogen-bond donors (Lipinski definition) is 1. The zero-order chi connectivity index (χ0) is 20.4. The molecular formula is C22H30N4O3. The number of hydrogen-bond acceptors (Lipinski definition) is 6. The number of aromatic nitrogens is 2. The maximum Gasteiger partial charge on any atom is 0.241 e. The molecule has 2 aromatic rings. The Labute approximate surface area is 171 Å². The number of carbonyl (C=O) groups is 1. The van der Waals surface area contributed by atoms with Crippen molar-refractivity contribution < 1.29 is 14.4 Å². The highest BCUT2D eigenvalue weighted by Gasteiger charge is 2.47. The van der Waals surface area contributed by atoms with E-state index in [1.54, 1.807) is 0 Å². The quantitative estimate of drug-likeness (QED) is 0.772. The molecule has 156 valence electrons. The van der Waals surface area contributed by atoms with Crippen LogP contribution < -0.4 is 0 Å². The Morgan fingerprint density at radius 3 is 2.66 bits per heavy atom. The monoisotopic (exact) mass is 398 g/mol. The molecule has 2 heterocycles. The Kier molecular flexibility index (Phi) is 5.69. The van der Waals surface area contributed by atoms with Crippen molar-refractivity contribution in [1.29, 1.82) is 0 Å². The third-order valence-corrected chi connectivity index (χ3v) is 6.29. The summed E-state index contributed by atoms with van der Waals surface area (Å²) < 4.78 is 5.37. The van der Waals surface area contributed by atoms with Crippen LogP contribution in [0.4, 0.5) is 0 Å². The molecule has 1 aliphatic carbocycles. The molecule has 29 heavy (non-hydrogen) atoms. The molecule has 7 nitrogen and oxygen atoms in total. The molecule has 1 unspecified atom stereocenters. The van der Waals surface area contributed by atoms with Gasteiger partial charge in [0, 0.05) is 30.6 Å². The van der Waals surface area contributed by atoms with E-state index in [1.807, 2.05) is 47.2 Å². The van der Waals surface area contributed by atoms with E-state index in [2.05, 4.69) is 17.1 Å². The minimum absolute atomic E-state index is 0.103. The summed E-state index contributed by atoms with van der Waals surface area (Å²) in [4.78, 5) is 20.9. The van der Waals surface area contributed by atoms with Crippen LogP contribution in [0.15, 0.2) is 34.9 Å². The second-order valence-electron chi connectivity index (χ2n) is 8.83. The van der Waals surface area contributed by atoms with Gasteiger partial charge in [-0.05, 0) is 38.6 Å². The zero-order valence-corrected chi connectivity index (χ0v) is 17.3. The van der Waals surface area contributed by atoms with Crippen molar-refractivity contribution in [3.8, 4) is 11.4 Å². The fraction of sp³-hybridized carbons (Fsp3) is 0.591. The minimum atomic E-state index is -0.426. The first-order chi connectivity index (χ1) is 13.9. The molecular weight excluding hydrogens is 368 g/mol. The molecule has 1 aromatic heterocycles. The predicted molar refractivity (Wildman–Crippen MR) is 109 cm³/mol. The predicted octanol–water partition coefficient (Wildman–Crippen LogP) is 2.57. The lowest BCUT2D eigenvalue weighted by Gasteiger charge is -2.36. The van der Waals surface area contributed by atoms with Crippen LogP contribution in [0.25, 0.3) is 11.4 Å². The van der Waals surface area contributed by atoms with Gasteiger partial charge < -0.3 is 14.5 Å². The number of likely N-dealkylation sites (tertiary alicyclic amines) is 1. The molecule has 1 saturated heterocycles. The van der Waals surface area contributed by atoms with Crippen molar-refractivity contribution >= 4 is 5.91 Å². The van der Waals surface area contributed by atoms with Gasteiger partial charge in [-0.2, -0.15) is 4.98 Å². The van der Waals surface area contributed by atoms with Crippen LogP contribution in [0.5, 0.6) is 0 Å². The van der Waals surface area contributed by atoms with E-state index < -0.39 is 6.10 Å². The summed E-state index contributed by atoms with van der Waals surface area (Å²) in [6.45, 7) is 4.60. The van der Waals surface area contributed by atoms with E-state index in [4.69, 9.17) is 4.52 Å². The fourth-order valence-electron chi connectivity index (χ4n) is 4.06. The van der Waals surface area contributed by atoms with Crippen LogP contribution in [0.2, 0.25) is 0 Å². The molecule has 0 bridgehead atoms. The molecule has 2 aliphatic rings. The Morgan fingerprint density at radius 2 is 2.00 bits per heavy atom. The van der Waals surface area contributed by atoms with Gasteiger partial charge in [-0.25, -0.2) is 0 Å². The molecule has 0 spiro atoms. The molecule has 1 N–H and O–H groups in total. The Balaban J connectivity index is 1.24. The largest absolute Gasteiger partial charge is 0.392 e. The van der Waals surface area contributed by atoms with Gasteiger partial charge in [0.1, 0.15) is 0 Å². The first-order valence-corrected chi connectivity index (χ1v) is 10.5. The third-order valence-electron chi connectivity index (χ3n) is 6.29. The number of benzene rings is 1. The second kappa shape index (κ2) is 8.24. The maximum atomic E-state index is 12.5. The van der Waals surface area contributed by atoms with Crippen molar-refractivity contribution in [2.75, 3.05) is 26.7 Å². The number of aliphatic hydroxyl groups excluding tert-OH is 1.